The second kappa shape index (κ2) is 6.13. The number of anilines is 1. The number of H-pyrrole nitrogens is 1. The maximum Gasteiger partial charge on any atom is 0.241 e. The number of hydrogen-bond donors (Lipinski definition) is 3. The Kier molecular flexibility index (Phi) is 3.82. The van der Waals surface area contributed by atoms with Crippen molar-refractivity contribution in [3.05, 3.63) is 65.4 Å². The van der Waals surface area contributed by atoms with Gasteiger partial charge in [-0.3, -0.25) is 4.79 Å². The molecule has 1 heterocycles. The standard InChI is InChI=1S/C20H21N3O/c21-18(11-15-12-22-19-7-2-1-6-17(15)19)20(24)23-16-9-8-13-4-3-5-14(13)10-16/h1-2,6-10,12,18,22H,3-5,11,21H2,(H,23,24)/t18-/m0/s1. The number of carbonyl (C=O) groups is 1. The number of hydrogen-bond acceptors (Lipinski definition) is 2. The molecule has 3 aromatic rings. The van der Waals surface area contributed by atoms with Crippen molar-refractivity contribution in [2.75, 3.05) is 5.32 Å². The van der Waals surface area contributed by atoms with Gasteiger partial charge in [0.2, 0.25) is 5.91 Å². The van der Waals surface area contributed by atoms with Gasteiger partial charge >= 0.3 is 0 Å². The lowest BCUT2D eigenvalue weighted by Gasteiger charge is -2.13. The summed E-state index contributed by atoms with van der Waals surface area (Å²) < 4.78 is 0. The largest absolute Gasteiger partial charge is 0.361 e. The molecule has 2 aromatic carbocycles. The van der Waals surface area contributed by atoms with Crippen molar-refractivity contribution in [2.24, 2.45) is 5.73 Å². The molecule has 24 heavy (non-hydrogen) atoms. The summed E-state index contributed by atoms with van der Waals surface area (Å²) in [5, 5.41) is 4.08. The lowest BCUT2D eigenvalue weighted by Crippen LogP contribution is -2.37. The van der Waals surface area contributed by atoms with Crippen LogP contribution in [0.4, 0.5) is 5.69 Å². The molecule has 4 heteroatoms. The molecule has 1 aliphatic rings. The first-order valence-electron chi connectivity index (χ1n) is 8.44. The van der Waals surface area contributed by atoms with Crippen molar-refractivity contribution in [1.29, 1.82) is 0 Å². The molecule has 4 nitrogen and oxygen atoms in total. The summed E-state index contributed by atoms with van der Waals surface area (Å²) in [4.78, 5) is 15.7. The van der Waals surface area contributed by atoms with Crippen molar-refractivity contribution < 1.29 is 4.79 Å². The molecule has 1 aliphatic carbocycles. The number of aromatic amines is 1. The minimum absolute atomic E-state index is 0.141. The summed E-state index contributed by atoms with van der Waals surface area (Å²) in [6.45, 7) is 0. The van der Waals surface area contributed by atoms with Crippen molar-refractivity contribution in [2.45, 2.75) is 31.7 Å². The molecule has 0 unspecified atom stereocenters. The van der Waals surface area contributed by atoms with Crippen LogP contribution in [0.2, 0.25) is 0 Å². The number of aryl methyl sites for hydroxylation is 2. The minimum Gasteiger partial charge on any atom is -0.361 e. The molecule has 4 N–H and O–H groups in total. The van der Waals surface area contributed by atoms with Crippen LogP contribution in [0.5, 0.6) is 0 Å². The maximum atomic E-state index is 12.4. The molecule has 0 saturated heterocycles. The number of para-hydroxylation sites is 1. The quantitative estimate of drug-likeness (QED) is 0.691. The Hall–Kier alpha value is -2.59. The average molecular weight is 319 g/mol. The Bertz CT molecular complexity index is 897. The van der Waals surface area contributed by atoms with E-state index in [0.29, 0.717) is 6.42 Å². The molecule has 0 aliphatic heterocycles. The first kappa shape index (κ1) is 15.0. The van der Waals surface area contributed by atoms with E-state index in [1.165, 1.54) is 17.5 Å². The van der Waals surface area contributed by atoms with Gasteiger partial charge in [-0.2, -0.15) is 0 Å². The van der Waals surface area contributed by atoms with Crippen molar-refractivity contribution >= 4 is 22.5 Å². The van der Waals surface area contributed by atoms with Gasteiger partial charge in [-0.05, 0) is 60.6 Å². The topological polar surface area (TPSA) is 70.9 Å². The van der Waals surface area contributed by atoms with Crippen LogP contribution >= 0.6 is 0 Å². The van der Waals surface area contributed by atoms with E-state index in [4.69, 9.17) is 5.73 Å². The normalized spacial score (nSPS) is 14.5. The first-order valence-corrected chi connectivity index (χ1v) is 8.44. The highest BCUT2D eigenvalue weighted by atomic mass is 16.2. The molecular weight excluding hydrogens is 298 g/mol. The van der Waals surface area contributed by atoms with Crippen LogP contribution in [-0.2, 0) is 24.1 Å². The van der Waals surface area contributed by atoms with Crippen LogP contribution in [0.3, 0.4) is 0 Å². The predicted octanol–water partition coefficient (Wildman–Crippen LogP) is 3.17. The first-order chi connectivity index (χ1) is 11.7. The second-order valence-corrected chi connectivity index (χ2v) is 6.50. The van der Waals surface area contributed by atoms with Gasteiger partial charge in [0.25, 0.3) is 0 Å². The Morgan fingerprint density at radius 3 is 2.92 bits per heavy atom. The van der Waals surface area contributed by atoms with Crippen LogP contribution in [0.15, 0.2) is 48.7 Å². The summed E-state index contributed by atoms with van der Waals surface area (Å²) in [5.41, 5.74) is 11.9. The highest BCUT2D eigenvalue weighted by Crippen LogP contribution is 2.25. The number of fused-ring (bicyclic) bond motifs is 2. The van der Waals surface area contributed by atoms with Gasteiger partial charge in [0, 0.05) is 22.8 Å². The van der Waals surface area contributed by atoms with E-state index in [0.717, 1.165) is 35.0 Å². The fourth-order valence-electron chi connectivity index (χ4n) is 3.51. The van der Waals surface area contributed by atoms with Gasteiger partial charge in [-0.1, -0.05) is 24.3 Å². The van der Waals surface area contributed by atoms with E-state index < -0.39 is 6.04 Å². The highest BCUT2D eigenvalue weighted by Gasteiger charge is 2.17. The number of amides is 1. The Balaban J connectivity index is 1.46. The summed E-state index contributed by atoms with van der Waals surface area (Å²) >= 11 is 0. The van der Waals surface area contributed by atoms with Gasteiger partial charge < -0.3 is 16.0 Å². The SMILES string of the molecule is N[C@@H](Cc1c[nH]c2ccccc12)C(=O)Nc1ccc2c(c1)CCC2. The van der Waals surface area contributed by atoms with Crippen LogP contribution in [-0.4, -0.2) is 16.9 Å². The van der Waals surface area contributed by atoms with Gasteiger partial charge in [-0.25, -0.2) is 0 Å². The summed E-state index contributed by atoms with van der Waals surface area (Å²) in [6.07, 6.45) is 5.89. The zero-order valence-electron chi connectivity index (χ0n) is 13.5. The van der Waals surface area contributed by atoms with E-state index in [9.17, 15) is 4.79 Å². The molecule has 0 fully saturated rings. The van der Waals surface area contributed by atoms with E-state index in [2.05, 4.69) is 22.4 Å². The molecule has 122 valence electrons. The lowest BCUT2D eigenvalue weighted by molar-refractivity contribution is -0.117. The van der Waals surface area contributed by atoms with E-state index in [1.807, 2.05) is 36.5 Å². The lowest BCUT2D eigenvalue weighted by atomic mass is 10.0. The molecule has 1 aromatic heterocycles. The van der Waals surface area contributed by atoms with Gasteiger partial charge in [-0.15, -0.1) is 0 Å². The van der Waals surface area contributed by atoms with Crippen LogP contribution < -0.4 is 11.1 Å². The third kappa shape index (κ3) is 2.81. The zero-order chi connectivity index (χ0) is 16.5. The Morgan fingerprint density at radius 2 is 2.00 bits per heavy atom. The summed E-state index contributed by atoms with van der Waals surface area (Å²) in [5.74, 6) is -0.141. The molecule has 0 saturated carbocycles. The summed E-state index contributed by atoms with van der Waals surface area (Å²) in [6, 6.07) is 13.7. The molecule has 1 atom stereocenters. The van der Waals surface area contributed by atoms with Gasteiger partial charge in [0.15, 0.2) is 0 Å². The number of nitrogens with two attached hydrogens (primary N) is 1. The Labute approximate surface area is 141 Å². The molecule has 4 rings (SSSR count). The molecule has 0 bridgehead atoms. The number of nitrogens with one attached hydrogen (secondary N) is 2. The molecule has 0 radical (unpaired) electrons. The smallest absolute Gasteiger partial charge is 0.241 e. The van der Waals surface area contributed by atoms with Crippen LogP contribution in [0, 0.1) is 0 Å². The fraction of sp³-hybridized carbons (Fsp3) is 0.250. The van der Waals surface area contributed by atoms with Crippen molar-refractivity contribution in [1.82, 2.24) is 4.98 Å². The number of carbonyl (C=O) groups excluding carboxylic acids is 1. The number of benzene rings is 2. The predicted molar refractivity (Wildman–Crippen MR) is 97.1 cm³/mol. The number of aromatic nitrogens is 1. The number of rotatable bonds is 4. The maximum absolute atomic E-state index is 12.4. The molecule has 0 spiro atoms. The van der Waals surface area contributed by atoms with Crippen molar-refractivity contribution in [3.63, 3.8) is 0 Å². The second-order valence-electron chi connectivity index (χ2n) is 6.50. The van der Waals surface area contributed by atoms with Crippen LogP contribution in [0.25, 0.3) is 10.9 Å². The van der Waals surface area contributed by atoms with Crippen molar-refractivity contribution in [3.8, 4) is 0 Å². The summed E-state index contributed by atoms with van der Waals surface area (Å²) in [7, 11) is 0. The van der Waals surface area contributed by atoms with Gasteiger partial charge in [0.05, 0.1) is 6.04 Å². The molecule has 1 amide bonds. The third-order valence-corrected chi connectivity index (χ3v) is 4.82. The minimum atomic E-state index is -0.572. The van der Waals surface area contributed by atoms with Gasteiger partial charge in [0.1, 0.15) is 0 Å². The van der Waals surface area contributed by atoms with Crippen LogP contribution in [0.1, 0.15) is 23.1 Å². The zero-order valence-corrected chi connectivity index (χ0v) is 13.5. The Morgan fingerprint density at radius 1 is 1.17 bits per heavy atom. The molecular formula is C20H21N3O. The monoisotopic (exact) mass is 319 g/mol. The average Bonchev–Trinajstić information content (AvgIpc) is 3.21. The highest BCUT2D eigenvalue weighted by molar-refractivity contribution is 5.95. The third-order valence-electron chi connectivity index (χ3n) is 4.82. The van der Waals surface area contributed by atoms with E-state index >= 15 is 0 Å². The van der Waals surface area contributed by atoms with E-state index in [1.54, 1.807) is 0 Å². The van der Waals surface area contributed by atoms with E-state index in [-0.39, 0.29) is 5.91 Å². The fourth-order valence-corrected chi connectivity index (χ4v) is 3.51.